The van der Waals surface area contributed by atoms with Gasteiger partial charge in [0.05, 0.1) is 10.6 Å². The number of fused-ring (bicyclic) bond motifs is 1. The summed E-state index contributed by atoms with van der Waals surface area (Å²) in [4.78, 5) is 21.7. The van der Waals surface area contributed by atoms with Gasteiger partial charge in [-0.05, 0) is 49.3 Å². The Morgan fingerprint density at radius 1 is 1.42 bits per heavy atom. The number of alkyl halides is 3. The molecule has 3 aromatic rings. The molecule has 0 aromatic carbocycles. The smallest absolute Gasteiger partial charge is 0.339 e. The van der Waals surface area contributed by atoms with Gasteiger partial charge in [0.2, 0.25) is 0 Å². The van der Waals surface area contributed by atoms with Crippen molar-refractivity contribution >= 4 is 23.1 Å². The Hall–Kier alpha value is -2.49. The number of carbonyl (C=O) groups excluding carboxylic acids is 1. The monoisotopic (exact) mass is 381 g/mol. The average molecular weight is 381 g/mol. The highest BCUT2D eigenvalue weighted by Crippen LogP contribution is 2.40. The zero-order valence-corrected chi connectivity index (χ0v) is 14.4. The van der Waals surface area contributed by atoms with E-state index < -0.39 is 24.0 Å². The predicted molar refractivity (Wildman–Crippen MR) is 88.9 cm³/mol. The summed E-state index contributed by atoms with van der Waals surface area (Å²) in [7, 11) is 0. The van der Waals surface area contributed by atoms with E-state index in [9.17, 15) is 18.0 Å². The molecule has 1 unspecified atom stereocenters. The average Bonchev–Trinajstić information content (AvgIpc) is 3.09. The first kappa shape index (κ1) is 17.0. The van der Waals surface area contributed by atoms with Gasteiger partial charge in [0.15, 0.2) is 11.3 Å². The van der Waals surface area contributed by atoms with E-state index >= 15 is 0 Å². The molecular weight excluding hydrogens is 367 g/mol. The number of carbonyl (C=O) groups is 1. The molecule has 0 aliphatic heterocycles. The Morgan fingerprint density at radius 2 is 2.19 bits per heavy atom. The van der Waals surface area contributed by atoms with E-state index in [4.69, 9.17) is 0 Å². The van der Waals surface area contributed by atoms with Crippen LogP contribution >= 0.6 is 11.5 Å². The molecule has 136 valence electrons. The quantitative estimate of drug-likeness (QED) is 0.753. The maximum atomic E-state index is 13.2. The topological polar surface area (TPSA) is 72.2 Å². The molecule has 0 spiro atoms. The maximum absolute atomic E-state index is 13.2. The van der Waals surface area contributed by atoms with Crippen LogP contribution in [-0.2, 0) is 0 Å². The zero-order valence-electron chi connectivity index (χ0n) is 13.6. The van der Waals surface area contributed by atoms with E-state index in [0.717, 1.165) is 10.6 Å². The number of hydrogen-bond acceptors (Lipinski definition) is 5. The summed E-state index contributed by atoms with van der Waals surface area (Å²) in [5.41, 5.74) is 1.47. The van der Waals surface area contributed by atoms with Gasteiger partial charge in [-0.1, -0.05) is 0 Å². The van der Waals surface area contributed by atoms with E-state index in [0.29, 0.717) is 18.5 Å². The van der Waals surface area contributed by atoms with Gasteiger partial charge in [-0.3, -0.25) is 9.20 Å². The van der Waals surface area contributed by atoms with Gasteiger partial charge >= 0.3 is 6.18 Å². The lowest BCUT2D eigenvalue weighted by Gasteiger charge is -2.20. The molecule has 6 nitrogen and oxygen atoms in total. The first-order valence-electron chi connectivity index (χ1n) is 7.98. The number of rotatable bonds is 4. The fourth-order valence-corrected chi connectivity index (χ4v) is 3.42. The lowest BCUT2D eigenvalue weighted by molar-refractivity contribution is -0.158. The number of amides is 1. The highest BCUT2D eigenvalue weighted by Gasteiger charge is 2.50. The van der Waals surface area contributed by atoms with Gasteiger partial charge in [-0.15, -0.1) is 0 Å². The summed E-state index contributed by atoms with van der Waals surface area (Å²) in [6.07, 6.45) is -0.538. The number of aryl methyl sites for hydroxylation is 1. The number of halogens is 3. The molecule has 26 heavy (non-hydrogen) atoms. The van der Waals surface area contributed by atoms with Crippen LogP contribution in [0, 0.1) is 12.8 Å². The van der Waals surface area contributed by atoms with Crippen molar-refractivity contribution in [3.8, 4) is 10.6 Å². The van der Waals surface area contributed by atoms with Gasteiger partial charge < -0.3 is 5.32 Å². The Bertz CT molecular complexity index is 962. The van der Waals surface area contributed by atoms with Gasteiger partial charge in [-0.2, -0.15) is 13.2 Å². The summed E-state index contributed by atoms with van der Waals surface area (Å²) in [6, 6.07) is 1.75. The summed E-state index contributed by atoms with van der Waals surface area (Å²) in [6.45, 7) is 1.81. The van der Waals surface area contributed by atoms with Gasteiger partial charge in [0.1, 0.15) is 12.4 Å². The molecule has 0 bridgehead atoms. The first-order chi connectivity index (χ1) is 12.3. The van der Waals surface area contributed by atoms with E-state index in [1.54, 1.807) is 16.7 Å². The summed E-state index contributed by atoms with van der Waals surface area (Å²) in [5.74, 6) is -1.43. The minimum atomic E-state index is -4.48. The Kier molecular flexibility index (Phi) is 3.94. The molecule has 0 saturated heterocycles. The lowest BCUT2D eigenvalue weighted by Crippen LogP contribution is -2.47. The molecule has 1 amide bonds. The normalized spacial score (nSPS) is 16.0. The van der Waals surface area contributed by atoms with Crippen molar-refractivity contribution in [1.29, 1.82) is 0 Å². The largest absolute Gasteiger partial charge is 0.408 e. The number of imidazole rings is 1. The van der Waals surface area contributed by atoms with Gasteiger partial charge in [0, 0.05) is 11.9 Å². The number of nitrogens with zero attached hydrogens (tertiary/aromatic N) is 4. The Balaban J connectivity index is 1.71. The van der Waals surface area contributed by atoms with E-state index in [-0.39, 0.29) is 11.3 Å². The molecule has 1 aliphatic carbocycles. The third kappa shape index (κ3) is 3.05. The predicted octanol–water partition coefficient (Wildman–Crippen LogP) is 3.23. The highest BCUT2D eigenvalue weighted by atomic mass is 32.1. The fraction of sp³-hybridized carbons (Fsp3) is 0.375. The van der Waals surface area contributed by atoms with Crippen molar-refractivity contribution in [2.24, 2.45) is 5.92 Å². The molecule has 1 N–H and O–H groups in total. The molecular formula is C16H14F3N5OS. The van der Waals surface area contributed by atoms with Crippen LogP contribution in [0.3, 0.4) is 0 Å². The van der Waals surface area contributed by atoms with Crippen LogP contribution in [0.2, 0.25) is 0 Å². The van der Waals surface area contributed by atoms with Crippen LogP contribution in [0.1, 0.15) is 29.0 Å². The third-order valence-electron chi connectivity index (χ3n) is 4.33. The minimum Gasteiger partial charge on any atom is -0.339 e. The summed E-state index contributed by atoms with van der Waals surface area (Å²) < 4.78 is 45.1. The lowest BCUT2D eigenvalue weighted by atomic mass is 10.1. The molecule has 1 fully saturated rings. The van der Waals surface area contributed by atoms with Gasteiger partial charge in [0.25, 0.3) is 5.91 Å². The molecule has 1 atom stereocenters. The van der Waals surface area contributed by atoms with Crippen LogP contribution in [-0.4, -0.2) is 36.9 Å². The first-order valence-corrected chi connectivity index (χ1v) is 8.75. The van der Waals surface area contributed by atoms with Crippen LogP contribution in [0.15, 0.2) is 24.7 Å². The molecule has 1 aliphatic rings. The summed E-state index contributed by atoms with van der Waals surface area (Å²) in [5, 5.41) is 2.10. The van der Waals surface area contributed by atoms with E-state index in [1.807, 2.05) is 13.0 Å². The number of hydrogen-bond donors (Lipinski definition) is 1. The minimum absolute atomic E-state index is 0.116. The fourth-order valence-electron chi connectivity index (χ4n) is 2.86. The van der Waals surface area contributed by atoms with Gasteiger partial charge in [-0.25, -0.2) is 14.3 Å². The van der Waals surface area contributed by atoms with Crippen molar-refractivity contribution in [2.75, 3.05) is 0 Å². The maximum Gasteiger partial charge on any atom is 0.408 e. The van der Waals surface area contributed by atoms with Crippen LogP contribution in [0.25, 0.3) is 16.2 Å². The standard InChI is InChI=1S/C16H14F3N5OS/c1-8-6-10(11-4-5-21-26-11)22-14-12(20-7-24(8)14)15(25)23-13(9-2-3-9)16(17,18)19/h4-7,9,13H,2-3H2,1H3,(H,23,25). The molecule has 10 heteroatoms. The van der Waals surface area contributed by atoms with Crippen molar-refractivity contribution in [3.63, 3.8) is 0 Å². The molecule has 4 rings (SSSR count). The second-order valence-electron chi connectivity index (χ2n) is 6.28. The Labute approximate surface area is 150 Å². The number of nitrogens with one attached hydrogen (secondary N) is 1. The summed E-state index contributed by atoms with van der Waals surface area (Å²) >= 11 is 1.24. The van der Waals surface area contributed by atoms with E-state index in [1.165, 1.54) is 17.9 Å². The second kappa shape index (κ2) is 6.04. The van der Waals surface area contributed by atoms with Crippen LogP contribution < -0.4 is 5.32 Å². The number of aromatic nitrogens is 4. The third-order valence-corrected chi connectivity index (χ3v) is 5.10. The van der Waals surface area contributed by atoms with Crippen molar-refractivity contribution < 1.29 is 18.0 Å². The van der Waals surface area contributed by atoms with E-state index in [2.05, 4.69) is 19.7 Å². The highest BCUT2D eigenvalue weighted by molar-refractivity contribution is 7.09. The SMILES string of the molecule is Cc1cc(-c2ccns2)nc2c(C(=O)NC(C3CC3)C(F)(F)F)ncn12. The molecule has 1 saturated carbocycles. The van der Waals surface area contributed by atoms with Crippen molar-refractivity contribution in [3.05, 3.63) is 36.0 Å². The van der Waals surface area contributed by atoms with Crippen LogP contribution in [0.5, 0.6) is 0 Å². The van der Waals surface area contributed by atoms with Crippen molar-refractivity contribution in [1.82, 2.24) is 24.1 Å². The van der Waals surface area contributed by atoms with Crippen molar-refractivity contribution in [2.45, 2.75) is 32.0 Å². The van der Waals surface area contributed by atoms with Crippen LogP contribution in [0.4, 0.5) is 13.2 Å². The molecule has 3 heterocycles. The molecule has 0 radical (unpaired) electrons. The zero-order chi connectivity index (χ0) is 18.5. The Morgan fingerprint density at radius 3 is 2.81 bits per heavy atom. The molecule has 3 aromatic heterocycles. The second-order valence-corrected chi connectivity index (χ2v) is 7.11.